The zero-order valence-corrected chi connectivity index (χ0v) is 14.6. The lowest BCUT2D eigenvalue weighted by Gasteiger charge is -2.38. The standard InChI is InChI=1S/C22H18N2O3/c25-22-17-8-4-5-9-18(17)23-21(24(22)13-15-6-2-1-3-7-15)16-10-11-19-20(12-16)27-14-26-19/h1-12,21,23H,13-14H2/t21-/m1/s1. The summed E-state index contributed by atoms with van der Waals surface area (Å²) in [5.41, 5.74) is 3.57. The minimum Gasteiger partial charge on any atom is -0.454 e. The first-order valence-corrected chi connectivity index (χ1v) is 8.89. The molecule has 0 bridgehead atoms. The highest BCUT2D eigenvalue weighted by atomic mass is 16.7. The monoisotopic (exact) mass is 358 g/mol. The van der Waals surface area contributed by atoms with Crippen molar-refractivity contribution in [3.05, 3.63) is 89.5 Å². The van der Waals surface area contributed by atoms with Crippen molar-refractivity contribution in [2.75, 3.05) is 12.1 Å². The van der Waals surface area contributed by atoms with Gasteiger partial charge < -0.3 is 19.7 Å². The maximum Gasteiger partial charge on any atom is 0.258 e. The molecule has 0 unspecified atom stereocenters. The summed E-state index contributed by atoms with van der Waals surface area (Å²) in [5, 5.41) is 3.51. The van der Waals surface area contributed by atoms with Crippen LogP contribution >= 0.6 is 0 Å². The van der Waals surface area contributed by atoms with Crippen molar-refractivity contribution in [1.82, 2.24) is 4.90 Å². The largest absolute Gasteiger partial charge is 0.454 e. The molecule has 3 aromatic rings. The summed E-state index contributed by atoms with van der Waals surface area (Å²) in [7, 11) is 0. The van der Waals surface area contributed by atoms with Gasteiger partial charge >= 0.3 is 0 Å². The maximum absolute atomic E-state index is 13.3. The van der Waals surface area contributed by atoms with Gasteiger partial charge in [-0.25, -0.2) is 0 Å². The third-order valence-electron chi connectivity index (χ3n) is 4.93. The van der Waals surface area contributed by atoms with Gasteiger partial charge in [-0.05, 0) is 35.4 Å². The number of para-hydroxylation sites is 1. The molecule has 0 aromatic heterocycles. The Morgan fingerprint density at radius 1 is 0.926 bits per heavy atom. The molecule has 5 nitrogen and oxygen atoms in total. The summed E-state index contributed by atoms with van der Waals surface area (Å²) in [6.07, 6.45) is -0.290. The predicted molar refractivity (Wildman–Crippen MR) is 102 cm³/mol. The zero-order valence-electron chi connectivity index (χ0n) is 14.6. The van der Waals surface area contributed by atoms with Gasteiger partial charge in [-0.15, -0.1) is 0 Å². The maximum atomic E-state index is 13.3. The van der Waals surface area contributed by atoms with Crippen LogP contribution in [-0.4, -0.2) is 17.6 Å². The fourth-order valence-corrected chi connectivity index (χ4v) is 3.58. The number of nitrogens with one attached hydrogen (secondary N) is 1. The lowest BCUT2D eigenvalue weighted by Crippen LogP contribution is -2.42. The molecule has 1 N–H and O–H groups in total. The van der Waals surface area contributed by atoms with Crippen LogP contribution in [-0.2, 0) is 6.54 Å². The van der Waals surface area contributed by atoms with Crippen molar-refractivity contribution in [3.8, 4) is 11.5 Å². The van der Waals surface area contributed by atoms with Crippen molar-refractivity contribution in [1.29, 1.82) is 0 Å². The van der Waals surface area contributed by atoms with Gasteiger partial charge in [0.15, 0.2) is 11.5 Å². The Labute approximate surface area is 157 Å². The van der Waals surface area contributed by atoms with Crippen LogP contribution in [0.15, 0.2) is 72.8 Å². The van der Waals surface area contributed by atoms with E-state index in [2.05, 4.69) is 5.32 Å². The molecule has 2 heterocycles. The molecule has 0 spiro atoms. The van der Waals surface area contributed by atoms with E-state index in [0.29, 0.717) is 17.9 Å². The molecule has 2 aliphatic heterocycles. The number of rotatable bonds is 3. The normalized spacial score (nSPS) is 17.4. The molecule has 0 saturated carbocycles. The number of ether oxygens (including phenoxy) is 2. The fraction of sp³-hybridized carbons (Fsp3) is 0.136. The summed E-state index contributed by atoms with van der Waals surface area (Å²) >= 11 is 0. The molecular formula is C22H18N2O3. The van der Waals surface area contributed by atoms with Gasteiger partial charge in [-0.3, -0.25) is 4.79 Å². The zero-order chi connectivity index (χ0) is 18.2. The number of carbonyl (C=O) groups excluding carboxylic acids is 1. The second-order valence-corrected chi connectivity index (χ2v) is 6.62. The van der Waals surface area contributed by atoms with Gasteiger partial charge in [0.25, 0.3) is 5.91 Å². The van der Waals surface area contributed by atoms with Gasteiger partial charge in [-0.2, -0.15) is 0 Å². The van der Waals surface area contributed by atoms with Gasteiger partial charge in [0.05, 0.1) is 5.56 Å². The minimum atomic E-state index is -0.290. The van der Waals surface area contributed by atoms with E-state index in [4.69, 9.17) is 9.47 Å². The van der Waals surface area contributed by atoms with Crippen LogP contribution < -0.4 is 14.8 Å². The van der Waals surface area contributed by atoms with Crippen molar-refractivity contribution in [2.45, 2.75) is 12.7 Å². The van der Waals surface area contributed by atoms with Gasteiger partial charge in [-0.1, -0.05) is 48.5 Å². The van der Waals surface area contributed by atoms with E-state index in [1.165, 1.54) is 0 Å². The lowest BCUT2D eigenvalue weighted by molar-refractivity contribution is 0.0666. The third kappa shape index (κ3) is 2.77. The van der Waals surface area contributed by atoms with Crippen LogP contribution in [0.25, 0.3) is 0 Å². The first-order valence-electron chi connectivity index (χ1n) is 8.89. The summed E-state index contributed by atoms with van der Waals surface area (Å²) in [6, 6.07) is 23.4. The molecule has 2 aliphatic rings. The number of hydrogen-bond donors (Lipinski definition) is 1. The molecule has 0 fully saturated rings. The van der Waals surface area contributed by atoms with E-state index in [9.17, 15) is 4.79 Å². The van der Waals surface area contributed by atoms with Crippen LogP contribution in [0.1, 0.15) is 27.7 Å². The van der Waals surface area contributed by atoms with Gasteiger partial charge in [0, 0.05) is 12.2 Å². The number of fused-ring (bicyclic) bond motifs is 2. The van der Waals surface area contributed by atoms with E-state index in [1.807, 2.05) is 77.7 Å². The smallest absolute Gasteiger partial charge is 0.258 e. The van der Waals surface area contributed by atoms with Crippen molar-refractivity contribution in [3.63, 3.8) is 0 Å². The number of carbonyl (C=O) groups is 1. The molecule has 1 atom stereocenters. The molecule has 0 aliphatic carbocycles. The van der Waals surface area contributed by atoms with Crippen LogP contribution in [0.5, 0.6) is 11.5 Å². The molecule has 5 rings (SSSR count). The number of hydrogen-bond acceptors (Lipinski definition) is 4. The number of anilines is 1. The Morgan fingerprint density at radius 3 is 2.59 bits per heavy atom. The van der Waals surface area contributed by atoms with Gasteiger partial charge in [0.2, 0.25) is 6.79 Å². The summed E-state index contributed by atoms with van der Waals surface area (Å²) in [4.78, 5) is 15.1. The average molecular weight is 358 g/mol. The quantitative estimate of drug-likeness (QED) is 0.763. The Kier molecular flexibility index (Phi) is 3.71. The molecule has 0 saturated heterocycles. The molecular weight excluding hydrogens is 340 g/mol. The van der Waals surface area contributed by atoms with E-state index in [-0.39, 0.29) is 18.9 Å². The molecule has 5 heteroatoms. The van der Waals surface area contributed by atoms with Crippen LogP contribution in [0.2, 0.25) is 0 Å². The number of nitrogens with zero attached hydrogens (tertiary/aromatic N) is 1. The Morgan fingerprint density at radius 2 is 1.70 bits per heavy atom. The highest BCUT2D eigenvalue weighted by Gasteiger charge is 2.33. The van der Waals surface area contributed by atoms with Crippen LogP contribution in [0.4, 0.5) is 5.69 Å². The first kappa shape index (κ1) is 15.8. The summed E-state index contributed by atoms with van der Waals surface area (Å²) in [6.45, 7) is 0.743. The molecule has 3 aromatic carbocycles. The van der Waals surface area contributed by atoms with Crippen molar-refractivity contribution >= 4 is 11.6 Å². The van der Waals surface area contributed by atoms with Crippen molar-refractivity contribution in [2.24, 2.45) is 0 Å². The lowest BCUT2D eigenvalue weighted by atomic mass is 10.0. The summed E-state index contributed by atoms with van der Waals surface area (Å²) < 4.78 is 10.9. The second kappa shape index (κ2) is 6.36. The second-order valence-electron chi connectivity index (χ2n) is 6.62. The predicted octanol–water partition coefficient (Wildman–Crippen LogP) is 4.18. The van der Waals surface area contributed by atoms with Crippen molar-refractivity contribution < 1.29 is 14.3 Å². The van der Waals surface area contributed by atoms with E-state index in [1.54, 1.807) is 0 Å². The Balaban J connectivity index is 1.57. The summed E-state index contributed by atoms with van der Waals surface area (Å²) in [5.74, 6) is 1.45. The molecule has 134 valence electrons. The molecule has 1 amide bonds. The fourth-order valence-electron chi connectivity index (χ4n) is 3.58. The van der Waals surface area contributed by atoms with E-state index < -0.39 is 0 Å². The molecule has 0 radical (unpaired) electrons. The Bertz CT molecular complexity index is 1000. The SMILES string of the molecule is O=C1c2ccccc2N[C@@H](c2ccc3c(c2)OCO3)N1Cc1ccccc1. The number of amides is 1. The Hall–Kier alpha value is -3.47. The number of benzene rings is 3. The first-order chi connectivity index (χ1) is 13.3. The topological polar surface area (TPSA) is 50.8 Å². The third-order valence-corrected chi connectivity index (χ3v) is 4.93. The van der Waals surface area contributed by atoms with E-state index >= 15 is 0 Å². The highest BCUT2D eigenvalue weighted by molar-refractivity contribution is 6.01. The highest BCUT2D eigenvalue weighted by Crippen LogP contribution is 2.39. The molecule has 27 heavy (non-hydrogen) atoms. The van der Waals surface area contributed by atoms with Crippen LogP contribution in [0, 0.1) is 0 Å². The average Bonchev–Trinajstić information content (AvgIpc) is 3.19. The van der Waals surface area contributed by atoms with Crippen LogP contribution in [0.3, 0.4) is 0 Å². The van der Waals surface area contributed by atoms with Gasteiger partial charge in [0.1, 0.15) is 6.17 Å². The van der Waals surface area contributed by atoms with E-state index in [0.717, 1.165) is 22.6 Å². The minimum absolute atomic E-state index is 0.0101.